The predicted molar refractivity (Wildman–Crippen MR) is 164 cm³/mol. The highest BCUT2D eigenvalue weighted by atomic mass is 19.4. The monoisotopic (exact) mass is 610 g/mol. The van der Waals surface area contributed by atoms with Crippen molar-refractivity contribution >= 4 is 11.9 Å². The molecule has 5 nitrogen and oxygen atoms in total. The molecule has 0 spiro atoms. The second-order valence-electron chi connectivity index (χ2n) is 11.4. The molecule has 1 aliphatic rings. The zero-order valence-corrected chi connectivity index (χ0v) is 25.2. The largest absolute Gasteiger partial charge is 0.494 e. The predicted octanol–water partition coefficient (Wildman–Crippen LogP) is 9.98. The highest BCUT2D eigenvalue weighted by molar-refractivity contribution is 5.92. The SMILES string of the molecule is CCCCCCCCOc1ccc(-c2ccc(C(=O)Oc3ccc(C(=O)OC(C4CCCCC4)C(F)(F)F)cc3)cc2)cc1. The van der Waals surface area contributed by atoms with Crippen LogP contribution in [0.15, 0.2) is 72.8 Å². The van der Waals surface area contributed by atoms with Crippen molar-refractivity contribution in [2.75, 3.05) is 6.61 Å². The average molecular weight is 611 g/mol. The first kappa shape index (κ1) is 33.1. The van der Waals surface area contributed by atoms with Crippen molar-refractivity contribution in [3.63, 3.8) is 0 Å². The Morgan fingerprint density at radius 3 is 1.84 bits per heavy atom. The molecule has 8 heteroatoms. The van der Waals surface area contributed by atoms with Crippen molar-refractivity contribution in [1.82, 2.24) is 0 Å². The lowest BCUT2D eigenvalue weighted by molar-refractivity contribution is -0.222. The van der Waals surface area contributed by atoms with Crippen molar-refractivity contribution in [1.29, 1.82) is 0 Å². The first-order chi connectivity index (χ1) is 21.2. The first-order valence-electron chi connectivity index (χ1n) is 15.7. The minimum absolute atomic E-state index is 0.0435. The van der Waals surface area contributed by atoms with E-state index in [-0.39, 0.29) is 11.3 Å². The maximum atomic E-state index is 13.6. The third-order valence-corrected chi connectivity index (χ3v) is 8.01. The van der Waals surface area contributed by atoms with Crippen LogP contribution in [0, 0.1) is 5.92 Å². The van der Waals surface area contributed by atoms with Crippen molar-refractivity contribution < 1.29 is 37.0 Å². The lowest BCUT2D eigenvalue weighted by Crippen LogP contribution is -2.41. The van der Waals surface area contributed by atoms with E-state index >= 15 is 0 Å². The summed E-state index contributed by atoms with van der Waals surface area (Å²) < 4.78 is 57.1. The molecule has 1 aliphatic carbocycles. The van der Waals surface area contributed by atoms with Gasteiger partial charge in [-0.05, 0) is 78.9 Å². The van der Waals surface area contributed by atoms with Crippen LogP contribution in [-0.4, -0.2) is 30.8 Å². The van der Waals surface area contributed by atoms with Gasteiger partial charge in [-0.1, -0.05) is 82.6 Å². The van der Waals surface area contributed by atoms with Gasteiger partial charge < -0.3 is 14.2 Å². The lowest BCUT2D eigenvalue weighted by atomic mass is 9.85. The Hall–Kier alpha value is -3.81. The number of unbranched alkanes of at least 4 members (excludes halogenated alkanes) is 5. The van der Waals surface area contributed by atoms with E-state index in [9.17, 15) is 22.8 Å². The summed E-state index contributed by atoms with van der Waals surface area (Å²) >= 11 is 0. The van der Waals surface area contributed by atoms with Gasteiger partial charge in [0.25, 0.3) is 0 Å². The summed E-state index contributed by atoms with van der Waals surface area (Å²) in [6, 6.07) is 20.1. The molecule has 1 unspecified atom stereocenters. The van der Waals surface area contributed by atoms with E-state index in [1.54, 1.807) is 12.1 Å². The van der Waals surface area contributed by atoms with E-state index in [1.165, 1.54) is 56.4 Å². The van der Waals surface area contributed by atoms with Gasteiger partial charge in [0.15, 0.2) is 6.10 Å². The quantitative estimate of drug-likeness (QED) is 0.103. The fourth-order valence-corrected chi connectivity index (χ4v) is 5.49. The molecule has 1 fully saturated rings. The third-order valence-electron chi connectivity index (χ3n) is 8.01. The summed E-state index contributed by atoms with van der Waals surface area (Å²) in [6.45, 7) is 2.91. The Kier molecular flexibility index (Phi) is 12.3. The Morgan fingerprint density at radius 2 is 1.23 bits per heavy atom. The third kappa shape index (κ3) is 9.86. The van der Waals surface area contributed by atoms with Crippen LogP contribution < -0.4 is 9.47 Å². The molecule has 0 heterocycles. The van der Waals surface area contributed by atoms with Crippen molar-refractivity contribution in [3.8, 4) is 22.6 Å². The Labute approximate surface area is 257 Å². The minimum atomic E-state index is -4.63. The summed E-state index contributed by atoms with van der Waals surface area (Å²) in [5.41, 5.74) is 2.20. The van der Waals surface area contributed by atoms with E-state index in [0.29, 0.717) is 37.9 Å². The van der Waals surface area contributed by atoms with Crippen LogP contribution in [0.3, 0.4) is 0 Å². The molecular formula is C36H41F3O5. The smallest absolute Gasteiger partial charge is 0.425 e. The fraction of sp³-hybridized carbons (Fsp3) is 0.444. The maximum Gasteiger partial charge on any atom is 0.425 e. The Bertz CT molecular complexity index is 1310. The van der Waals surface area contributed by atoms with Crippen LogP contribution in [0.1, 0.15) is 98.3 Å². The molecule has 0 N–H and O–H groups in total. The number of ether oxygens (including phenoxy) is 3. The number of esters is 2. The fourth-order valence-electron chi connectivity index (χ4n) is 5.49. The van der Waals surface area contributed by atoms with E-state index in [1.807, 2.05) is 36.4 Å². The molecule has 3 aromatic rings. The molecular weight excluding hydrogens is 569 g/mol. The van der Waals surface area contributed by atoms with E-state index in [0.717, 1.165) is 29.7 Å². The average Bonchev–Trinajstić information content (AvgIpc) is 3.03. The molecule has 1 saturated carbocycles. The molecule has 0 amide bonds. The normalized spacial score (nSPS) is 14.5. The number of hydrogen-bond acceptors (Lipinski definition) is 5. The van der Waals surface area contributed by atoms with Crippen LogP contribution >= 0.6 is 0 Å². The Morgan fingerprint density at radius 1 is 0.705 bits per heavy atom. The molecule has 0 aliphatic heterocycles. The topological polar surface area (TPSA) is 61.8 Å². The minimum Gasteiger partial charge on any atom is -0.494 e. The summed E-state index contributed by atoms with van der Waals surface area (Å²) in [6.07, 6.45) is 3.57. The lowest BCUT2D eigenvalue weighted by Gasteiger charge is -2.31. The number of halogens is 3. The van der Waals surface area contributed by atoms with Crippen LogP contribution in [-0.2, 0) is 4.74 Å². The molecule has 4 rings (SSSR count). The highest BCUT2D eigenvalue weighted by Gasteiger charge is 2.47. The van der Waals surface area contributed by atoms with Gasteiger partial charge in [0, 0.05) is 5.92 Å². The van der Waals surface area contributed by atoms with E-state index in [2.05, 4.69) is 6.92 Å². The van der Waals surface area contributed by atoms with Crippen molar-refractivity contribution in [2.45, 2.75) is 89.8 Å². The van der Waals surface area contributed by atoms with E-state index < -0.39 is 30.1 Å². The Balaban J connectivity index is 1.27. The van der Waals surface area contributed by atoms with Gasteiger partial charge in [0.2, 0.25) is 0 Å². The van der Waals surface area contributed by atoms with Crippen LogP contribution in [0.5, 0.6) is 11.5 Å². The van der Waals surface area contributed by atoms with Crippen LogP contribution in [0.4, 0.5) is 13.2 Å². The van der Waals surface area contributed by atoms with Gasteiger partial charge in [-0.15, -0.1) is 0 Å². The van der Waals surface area contributed by atoms with Crippen LogP contribution in [0.25, 0.3) is 11.1 Å². The van der Waals surface area contributed by atoms with Crippen LogP contribution in [0.2, 0.25) is 0 Å². The summed E-state index contributed by atoms with van der Waals surface area (Å²) in [5.74, 6) is -1.39. The molecule has 44 heavy (non-hydrogen) atoms. The maximum absolute atomic E-state index is 13.6. The molecule has 236 valence electrons. The van der Waals surface area contributed by atoms with Gasteiger partial charge in [0.05, 0.1) is 17.7 Å². The zero-order chi connectivity index (χ0) is 31.4. The number of carbonyl (C=O) groups excluding carboxylic acids is 2. The molecule has 3 aromatic carbocycles. The van der Waals surface area contributed by atoms with Gasteiger partial charge in [0.1, 0.15) is 11.5 Å². The molecule has 0 bridgehead atoms. The van der Waals surface area contributed by atoms with Crippen molar-refractivity contribution in [3.05, 3.63) is 83.9 Å². The number of rotatable bonds is 14. The van der Waals surface area contributed by atoms with E-state index in [4.69, 9.17) is 14.2 Å². The summed E-state index contributed by atoms with van der Waals surface area (Å²) in [7, 11) is 0. The number of hydrogen-bond donors (Lipinski definition) is 0. The number of carbonyl (C=O) groups is 2. The second-order valence-corrected chi connectivity index (χ2v) is 11.4. The highest BCUT2D eigenvalue weighted by Crippen LogP contribution is 2.37. The number of alkyl halides is 3. The zero-order valence-electron chi connectivity index (χ0n) is 25.2. The first-order valence-corrected chi connectivity index (χ1v) is 15.7. The van der Waals surface area contributed by atoms with Gasteiger partial charge >= 0.3 is 18.1 Å². The van der Waals surface area contributed by atoms with Gasteiger partial charge in [-0.3, -0.25) is 0 Å². The number of benzene rings is 3. The molecule has 1 atom stereocenters. The standard InChI is InChI=1S/C36H41F3O5/c1-2-3-4-5-6-10-25-42-31-21-17-27(18-22-31)26-13-15-29(16-14-26)34(40)43-32-23-19-30(20-24-32)35(41)44-33(36(37,38)39)28-11-8-7-9-12-28/h13-24,28,33H,2-12,25H2,1H3. The summed E-state index contributed by atoms with van der Waals surface area (Å²) in [5, 5.41) is 0. The summed E-state index contributed by atoms with van der Waals surface area (Å²) in [4.78, 5) is 25.2. The van der Waals surface area contributed by atoms with Gasteiger partial charge in [-0.25, -0.2) is 9.59 Å². The molecule has 0 radical (unpaired) electrons. The van der Waals surface area contributed by atoms with Gasteiger partial charge in [-0.2, -0.15) is 13.2 Å². The van der Waals surface area contributed by atoms with Crippen molar-refractivity contribution in [2.24, 2.45) is 5.92 Å². The second kappa shape index (κ2) is 16.3. The molecule has 0 saturated heterocycles. The molecule has 0 aromatic heterocycles.